The first-order chi connectivity index (χ1) is 13.0. The molecule has 0 aliphatic heterocycles. The smallest absolute Gasteiger partial charge is 0.275 e. The van der Waals surface area contributed by atoms with Crippen molar-refractivity contribution in [2.24, 2.45) is 0 Å². The molecule has 27 heavy (non-hydrogen) atoms. The number of amides is 1. The largest absolute Gasteiger partial charge is 0.332 e. The molecule has 3 rings (SSSR count). The lowest BCUT2D eigenvalue weighted by atomic mass is 10.1. The number of hydrogen-bond acceptors (Lipinski definition) is 4. The minimum absolute atomic E-state index is 0.0648. The molecule has 0 fully saturated rings. The molecule has 0 bridgehead atoms. The number of nitrogens with zero attached hydrogens (tertiary/aromatic N) is 5. The van der Waals surface area contributed by atoms with Gasteiger partial charge in [-0.3, -0.25) is 14.6 Å². The highest BCUT2D eigenvalue weighted by atomic mass is 16.2. The Hall–Kier alpha value is -2.93. The highest BCUT2D eigenvalue weighted by Crippen LogP contribution is 2.26. The van der Waals surface area contributed by atoms with Crippen LogP contribution in [0.2, 0.25) is 0 Å². The summed E-state index contributed by atoms with van der Waals surface area (Å²) in [6.45, 7) is 8.42. The third-order valence-electron chi connectivity index (χ3n) is 4.54. The lowest BCUT2D eigenvalue weighted by molar-refractivity contribution is 0.0759. The van der Waals surface area contributed by atoms with Crippen molar-refractivity contribution in [2.45, 2.75) is 13.5 Å². The topological polar surface area (TPSA) is 70.0 Å². The van der Waals surface area contributed by atoms with Crippen LogP contribution in [0.15, 0.2) is 43.2 Å². The van der Waals surface area contributed by atoms with Gasteiger partial charge in [-0.05, 0) is 38.7 Å². The summed E-state index contributed by atoms with van der Waals surface area (Å²) in [5, 5.41) is 12.3. The molecule has 142 valence electrons. The average molecular weight is 366 g/mol. The van der Waals surface area contributed by atoms with Gasteiger partial charge in [0.2, 0.25) is 0 Å². The quantitative estimate of drug-likeness (QED) is 0.622. The maximum Gasteiger partial charge on any atom is 0.275 e. The molecule has 7 heteroatoms. The van der Waals surface area contributed by atoms with Gasteiger partial charge in [0.25, 0.3) is 5.91 Å². The standard InChI is InChI=1S/C20H26N6O/c1-5-9-25(11-10-24(3)4)20(27)19-17-8-7-15(16-13-21-22-14-16)12-18(17)26(6-2)23-19/h5,7-8,12-14H,1,6,9-11H2,2-4H3,(H,21,22). The Bertz CT molecular complexity index is 926. The first-order valence-corrected chi connectivity index (χ1v) is 9.09. The van der Waals surface area contributed by atoms with Gasteiger partial charge < -0.3 is 9.80 Å². The van der Waals surface area contributed by atoms with Crippen LogP contribution in [0.1, 0.15) is 17.4 Å². The summed E-state index contributed by atoms with van der Waals surface area (Å²) < 4.78 is 1.88. The Morgan fingerprint density at radius 1 is 1.30 bits per heavy atom. The van der Waals surface area contributed by atoms with E-state index in [0.717, 1.165) is 28.6 Å². The molecule has 0 radical (unpaired) electrons. The number of nitrogens with one attached hydrogen (secondary N) is 1. The van der Waals surface area contributed by atoms with E-state index in [0.29, 0.717) is 25.3 Å². The van der Waals surface area contributed by atoms with E-state index in [4.69, 9.17) is 0 Å². The molecule has 7 nitrogen and oxygen atoms in total. The Kier molecular flexibility index (Phi) is 5.71. The Morgan fingerprint density at radius 2 is 2.11 bits per heavy atom. The number of aromatic nitrogens is 4. The number of likely N-dealkylation sites (N-methyl/N-ethyl adjacent to an activating group) is 1. The first-order valence-electron chi connectivity index (χ1n) is 9.09. The summed E-state index contributed by atoms with van der Waals surface area (Å²) in [6.07, 6.45) is 5.39. The number of aromatic amines is 1. The van der Waals surface area contributed by atoms with Crippen molar-refractivity contribution in [1.29, 1.82) is 0 Å². The molecular weight excluding hydrogens is 340 g/mol. The number of benzene rings is 1. The zero-order valence-electron chi connectivity index (χ0n) is 16.1. The van der Waals surface area contributed by atoms with Gasteiger partial charge in [-0.25, -0.2) is 0 Å². The second-order valence-corrected chi connectivity index (χ2v) is 6.73. The number of hydrogen-bond donors (Lipinski definition) is 1. The van der Waals surface area contributed by atoms with Gasteiger partial charge >= 0.3 is 0 Å². The van der Waals surface area contributed by atoms with Crippen LogP contribution in [0.4, 0.5) is 0 Å². The van der Waals surface area contributed by atoms with Crippen LogP contribution in [-0.4, -0.2) is 69.4 Å². The van der Waals surface area contributed by atoms with E-state index < -0.39 is 0 Å². The van der Waals surface area contributed by atoms with Gasteiger partial charge in [0.05, 0.1) is 11.7 Å². The van der Waals surface area contributed by atoms with Gasteiger partial charge in [-0.15, -0.1) is 6.58 Å². The highest BCUT2D eigenvalue weighted by molar-refractivity contribution is 6.05. The fourth-order valence-corrected chi connectivity index (χ4v) is 3.06. The molecule has 0 aliphatic carbocycles. The molecule has 3 aromatic rings. The molecular formula is C20H26N6O. The first kappa shape index (κ1) is 18.8. The van der Waals surface area contributed by atoms with Crippen molar-refractivity contribution in [1.82, 2.24) is 29.8 Å². The normalized spacial score (nSPS) is 11.3. The minimum atomic E-state index is -0.0648. The highest BCUT2D eigenvalue weighted by Gasteiger charge is 2.22. The van der Waals surface area contributed by atoms with E-state index in [1.807, 2.05) is 44.0 Å². The molecule has 0 atom stereocenters. The Labute approximate surface area is 159 Å². The molecule has 2 heterocycles. The number of H-pyrrole nitrogens is 1. The van der Waals surface area contributed by atoms with Crippen LogP contribution >= 0.6 is 0 Å². The third-order valence-corrected chi connectivity index (χ3v) is 4.54. The monoisotopic (exact) mass is 366 g/mol. The predicted octanol–water partition coefficient (Wildman–Crippen LogP) is 2.64. The van der Waals surface area contributed by atoms with Crippen LogP contribution in [0.3, 0.4) is 0 Å². The van der Waals surface area contributed by atoms with E-state index in [1.165, 1.54) is 0 Å². The summed E-state index contributed by atoms with van der Waals surface area (Å²) in [7, 11) is 3.99. The van der Waals surface area contributed by atoms with Crippen molar-refractivity contribution >= 4 is 16.8 Å². The summed E-state index contributed by atoms with van der Waals surface area (Å²) in [5.41, 5.74) is 3.49. The number of carbonyl (C=O) groups is 1. The van der Waals surface area contributed by atoms with Gasteiger partial charge in [-0.2, -0.15) is 10.2 Å². The van der Waals surface area contributed by atoms with Crippen molar-refractivity contribution in [3.05, 3.63) is 48.9 Å². The molecule has 1 aromatic carbocycles. The molecule has 0 saturated heterocycles. The second kappa shape index (κ2) is 8.18. The second-order valence-electron chi connectivity index (χ2n) is 6.73. The van der Waals surface area contributed by atoms with Crippen LogP contribution in [-0.2, 0) is 6.54 Å². The van der Waals surface area contributed by atoms with E-state index in [-0.39, 0.29) is 5.91 Å². The van der Waals surface area contributed by atoms with Crippen molar-refractivity contribution in [3.8, 4) is 11.1 Å². The fraction of sp³-hybridized carbons (Fsp3) is 0.350. The van der Waals surface area contributed by atoms with Crippen molar-refractivity contribution in [3.63, 3.8) is 0 Å². The van der Waals surface area contributed by atoms with Gasteiger partial charge in [0.15, 0.2) is 5.69 Å². The molecule has 0 saturated carbocycles. The van der Waals surface area contributed by atoms with Gasteiger partial charge in [-0.1, -0.05) is 12.1 Å². The third kappa shape index (κ3) is 3.93. The predicted molar refractivity (Wildman–Crippen MR) is 108 cm³/mol. The molecule has 1 amide bonds. The van der Waals surface area contributed by atoms with E-state index in [1.54, 1.807) is 17.2 Å². The number of rotatable bonds is 8. The summed E-state index contributed by atoms with van der Waals surface area (Å²) in [4.78, 5) is 17.0. The zero-order valence-corrected chi connectivity index (χ0v) is 16.1. The number of aryl methyl sites for hydroxylation is 1. The molecule has 2 aromatic heterocycles. The average Bonchev–Trinajstić information content (AvgIpc) is 3.31. The maximum absolute atomic E-state index is 13.2. The van der Waals surface area contributed by atoms with E-state index in [2.05, 4.69) is 32.8 Å². The summed E-state index contributed by atoms with van der Waals surface area (Å²) in [5.74, 6) is -0.0648. The van der Waals surface area contributed by atoms with Crippen LogP contribution < -0.4 is 0 Å². The Morgan fingerprint density at radius 3 is 2.74 bits per heavy atom. The van der Waals surface area contributed by atoms with Crippen LogP contribution in [0, 0.1) is 0 Å². The molecule has 0 unspecified atom stereocenters. The van der Waals surface area contributed by atoms with Crippen LogP contribution in [0.25, 0.3) is 22.0 Å². The van der Waals surface area contributed by atoms with Gasteiger partial charge in [0.1, 0.15) is 0 Å². The summed E-state index contributed by atoms with van der Waals surface area (Å²) >= 11 is 0. The number of carbonyl (C=O) groups excluding carboxylic acids is 1. The van der Waals surface area contributed by atoms with E-state index >= 15 is 0 Å². The fourth-order valence-electron chi connectivity index (χ4n) is 3.06. The lowest BCUT2D eigenvalue weighted by Gasteiger charge is -2.22. The van der Waals surface area contributed by atoms with Crippen LogP contribution in [0.5, 0.6) is 0 Å². The zero-order chi connectivity index (χ0) is 19.4. The number of fused-ring (bicyclic) bond motifs is 1. The molecule has 0 aliphatic rings. The molecule has 1 N–H and O–H groups in total. The van der Waals surface area contributed by atoms with E-state index in [9.17, 15) is 4.79 Å². The SMILES string of the molecule is C=CCN(CCN(C)C)C(=O)c1nn(CC)c2cc(-c3cn[nH]c3)ccc12. The molecule has 0 spiro atoms. The summed E-state index contributed by atoms with van der Waals surface area (Å²) in [6, 6.07) is 6.04. The van der Waals surface area contributed by atoms with Crippen molar-refractivity contribution in [2.75, 3.05) is 33.7 Å². The van der Waals surface area contributed by atoms with Gasteiger partial charge in [0, 0.05) is 43.3 Å². The minimum Gasteiger partial charge on any atom is -0.332 e. The van der Waals surface area contributed by atoms with Crippen molar-refractivity contribution < 1.29 is 4.79 Å². The Balaban J connectivity index is 2.00. The lowest BCUT2D eigenvalue weighted by Crippen LogP contribution is -2.37. The maximum atomic E-state index is 13.2.